The van der Waals surface area contributed by atoms with E-state index in [2.05, 4.69) is 66.9 Å². The number of benzene rings is 2. The molecule has 0 bridgehead atoms. The van der Waals surface area contributed by atoms with Crippen LogP contribution in [0.1, 0.15) is 40.9 Å². The first-order chi connectivity index (χ1) is 12.5. The van der Waals surface area contributed by atoms with Crippen molar-refractivity contribution >= 4 is 0 Å². The lowest BCUT2D eigenvalue weighted by molar-refractivity contribution is 0.306. The van der Waals surface area contributed by atoms with Crippen molar-refractivity contribution in [2.75, 3.05) is 0 Å². The van der Waals surface area contributed by atoms with Gasteiger partial charge in [0.05, 0.1) is 5.69 Å². The molecule has 136 valence electrons. The third kappa shape index (κ3) is 4.73. The van der Waals surface area contributed by atoms with Crippen molar-refractivity contribution in [2.45, 2.75) is 40.0 Å². The zero-order valence-electron chi connectivity index (χ0n) is 16.0. The highest BCUT2D eigenvalue weighted by Gasteiger charge is 2.11. The average molecular weight is 349 g/mol. The minimum Gasteiger partial charge on any atom is -0.489 e. The van der Waals surface area contributed by atoms with Crippen molar-refractivity contribution in [1.82, 2.24) is 15.1 Å². The Hall–Kier alpha value is -2.59. The van der Waals surface area contributed by atoms with Crippen LogP contribution in [0, 0.1) is 13.8 Å². The maximum atomic E-state index is 5.87. The summed E-state index contributed by atoms with van der Waals surface area (Å²) in [4.78, 5) is 0. The maximum absolute atomic E-state index is 5.87. The van der Waals surface area contributed by atoms with E-state index >= 15 is 0 Å². The molecular weight excluding hydrogens is 322 g/mol. The normalized spacial score (nSPS) is 12.2. The molecule has 0 saturated carbocycles. The lowest BCUT2D eigenvalue weighted by atomic mass is 10.1. The van der Waals surface area contributed by atoms with Crippen LogP contribution in [-0.4, -0.2) is 9.78 Å². The van der Waals surface area contributed by atoms with Gasteiger partial charge in [-0.05, 0) is 44.0 Å². The van der Waals surface area contributed by atoms with E-state index in [1.807, 2.05) is 30.8 Å². The monoisotopic (exact) mass is 349 g/mol. The highest BCUT2D eigenvalue weighted by atomic mass is 16.5. The van der Waals surface area contributed by atoms with Crippen molar-refractivity contribution < 1.29 is 4.74 Å². The van der Waals surface area contributed by atoms with Gasteiger partial charge >= 0.3 is 0 Å². The van der Waals surface area contributed by atoms with Gasteiger partial charge in [-0.15, -0.1) is 0 Å². The summed E-state index contributed by atoms with van der Waals surface area (Å²) in [7, 11) is 1.96. The Labute approximate surface area is 155 Å². The molecule has 1 N–H and O–H groups in total. The van der Waals surface area contributed by atoms with Gasteiger partial charge in [0, 0.05) is 31.4 Å². The van der Waals surface area contributed by atoms with Crippen LogP contribution >= 0.6 is 0 Å². The Morgan fingerprint density at radius 1 is 1.00 bits per heavy atom. The molecule has 4 nitrogen and oxygen atoms in total. The van der Waals surface area contributed by atoms with Crippen LogP contribution in [0.4, 0.5) is 0 Å². The molecule has 1 aromatic heterocycles. The van der Waals surface area contributed by atoms with Crippen LogP contribution < -0.4 is 10.1 Å². The van der Waals surface area contributed by atoms with Crippen LogP contribution in [0.15, 0.2) is 54.7 Å². The maximum Gasteiger partial charge on any atom is 0.119 e. The van der Waals surface area contributed by atoms with E-state index in [4.69, 9.17) is 4.74 Å². The first kappa shape index (κ1) is 18.2. The van der Waals surface area contributed by atoms with Crippen LogP contribution in [0.2, 0.25) is 0 Å². The molecule has 1 unspecified atom stereocenters. The number of hydrogen-bond donors (Lipinski definition) is 1. The predicted molar refractivity (Wildman–Crippen MR) is 105 cm³/mol. The third-order valence-electron chi connectivity index (χ3n) is 4.58. The molecule has 0 radical (unpaired) electrons. The first-order valence-corrected chi connectivity index (χ1v) is 9.02. The zero-order valence-corrected chi connectivity index (χ0v) is 16.0. The topological polar surface area (TPSA) is 39.1 Å². The van der Waals surface area contributed by atoms with E-state index in [1.165, 1.54) is 22.3 Å². The zero-order chi connectivity index (χ0) is 18.5. The van der Waals surface area contributed by atoms with E-state index < -0.39 is 0 Å². The number of aryl methyl sites for hydroxylation is 3. The van der Waals surface area contributed by atoms with E-state index in [1.54, 1.807) is 0 Å². The number of nitrogens with zero attached hydrogens (tertiary/aromatic N) is 2. The van der Waals surface area contributed by atoms with Gasteiger partial charge in [-0.3, -0.25) is 4.68 Å². The fourth-order valence-electron chi connectivity index (χ4n) is 2.98. The van der Waals surface area contributed by atoms with Crippen LogP contribution in [0.3, 0.4) is 0 Å². The second kappa shape index (κ2) is 8.19. The SMILES string of the molecule is Cc1ccc(COc2ccc(CNC(C)c3cn(C)nc3C)cc2)cc1. The summed E-state index contributed by atoms with van der Waals surface area (Å²) in [6.45, 7) is 7.72. The summed E-state index contributed by atoms with van der Waals surface area (Å²) in [6, 6.07) is 17.0. The third-order valence-corrected chi connectivity index (χ3v) is 4.58. The summed E-state index contributed by atoms with van der Waals surface area (Å²) in [5, 5.41) is 7.97. The van der Waals surface area contributed by atoms with Gasteiger partial charge in [0.2, 0.25) is 0 Å². The van der Waals surface area contributed by atoms with Gasteiger partial charge < -0.3 is 10.1 Å². The molecule has 0 aliphatic rings. The summed E-state index contributed by atoms with van der Waals surface area (Å²) in [6.07, 6.45) is 2.08. The Kier molecular flexibility index (Phi) is 5.74. The van der Waals surface area contributed by atoms with E-state index in [0.29, 0.717) is 6.61 Å². The lowest BCUT2D eigenvalue weighted by Crippen LogP contribution is -2.18. The van der Waals surface area contributed by atoms with Gasteiger partial charge in [-0.2, -0.15) is 5.10 Å². The standard InChI is InChI=1S/C22H27N3O/c1-16-5-7-20(8-6-16)15-26-21-11-9-19(10-12-21)13-23-17(2)22-14-25(4)24-18(22)3/h5-12,14,17,23H,13,15H2,1-4H3. The number of hydrogen-bond acceptors (Lipinski definition) is 3. The minimum atomic E-state index is 0.265. The van der Waals surface area contributed by atoms with Crippen molar-refractivity contribution in [2.24, 2.45) is 7.05 Å². The number of nitrogens with one attached hydrogen (secondary N) is 1. The molecule has 3 aromatic rings. The molecule has 3 rings (SSSR count). The van der Waals surface area contributed by atoms with Crippen molar-refractivity contribution in [3.05, 3.63) is 82.7 Å². The molecule has 0 amide bonds. The Balaban J connectivity index is 1.51. The van der Waals surface area contributed by atoms with Gasteiger partial charge in [0.1, 0.15) is 12.4 Å². The lowest BCUT2D eigenvalue weighted by Gasteiger charge is -2.13. The van der Waals surface area contributed by atoms with Crippen molar-refractivity contribution in [3.63, 3.8) is 0 Å². The van der Waals surface area contributed by atoms with E-state index in [0.717, 1.165) is 18.0 Å². The first-order valence-electron chi connectivity index (χ1n) is 9.02. The van der Waals surface area contributed by atoms with Crippen molar-refractivity contribution in [3.8, 4) is 5.75 Å². The number of ether oxygens (including phenoxy) is 1. The summed E-state index contributed by atoms with van der Waals surface area (Å²) in [5.41, 5.74) is 6.00. The van der Waals surface area contributed by atoms with Crippen molar-refractivity contribution in [1.29, 1.82) is 0 Å². The molecule has 0 spiro atoms. The second-order valence-corrected chi connectivity index (χ2v) is 6.86. The smallest absolute Gasteiger partial charge is 0.119 e. The molecule has 1 atom stereocenters. The molecular formula is C22H27N3O. The minimum absolute atomic E-state index is 0.265. The van der Waals surface area contributed by atoms with Gasteiger partial charge in [0.25, 0.3) is 0 Å². The molecule has 4 heteroatoms. The fraction of sp³-hybridized carbons (Fsp3) is 0.318. The average Bonchev–Trinajstić information content (AvgIpc) is 2.98. The largest absolute Gasteiger partial charge is 0.489 e. The summed E-state index contributed by atoms with van der Waals surface area (Å²) in [5.74, 6) is 0.894. The van der Waals surface area contributed by atoms with Gasteiger partial charge in [0.15, 0.2) is 0 Å². The molecule has 1 heterocycles. The molecule has 0 fully saturated rings. The summed E-state index contributed by atoms with van der Waals surface area (Å²) < 4.78 is 7.73. The highest BCUT2D eigenvalue weighted by molar-refractivity contribution is 5.28. The van der Waals surface area contributed by atoms with Gasteiger partial charge in [-0.1, -0.05) is 42.0 Å². The van der Waals surface area contributed by atoms with E-state index in [9.17, 15) is 0 Å². The Morgan fingerprint density at radius 2 is 1.65 bits per heavy atom. The second-order valence-electron chi connectivity index (χ2n) is 6.86. The molecule has 0 saturated heterocycles. The fourth-order valence-corrected chi connectivity index (χ4v) is 2.98. The molecule has 0 aliphatic carbocycles. The van der Waals surface area contributed by atoms with Crippen LogP contribution in [0.25, 0.3) is 0 Å². The predicted octanol–water partition coefficient (Wildman–Crippen LogP) is 4.47. The van der Waals surface area contributed by atoms with Crippen LogP contribution in [-0.2, 0) is 20.2 Å². The highest BCUT2D eigenvalue weighted by Crippen LogP contribution is 2.18. The molecule has 26 heavy (non-hydrogen) atoms. The Bertz CT molecular complexity index is 835. The van der Waals surface area contributed by atoms with Gasteiger partial charge in [-0.25, -0.2) is 0 Å². The molecule has 0 aliphatic heterocycles. The van der Waals surface area contributed by atoms with Crippen LogP contribution in [0.5, 0.6) is 5.75 Å². The Morgan fingerprint density at radius 3 is 2.27 bits per heavy atom. The quantitative estimate of drug-likeness (QED) is 0.684. The molecule has 2 aromatic carbocycles. The number of rotatable bonds is 7. The summed E-state index contributed by atoms with van der Waals surface area (Å²) >= 11 is 0. The van der Waals surface area contributed by atoms with E-state index in [-0.39, 0.29) is 6.04 Å². The number of aromatic nitrogens is 2.